The minimum Gasteiger partial charge on any atom is -0.393 e. The van der Waals surface area contributed by atoms with Gasteiger partial charge in [0.1, 0.15) is 11.5 Å². The molecule has 0 spiro atoms. The van der Waals surface area contributed by atoms with Crippen LogP contribution < -0.4 is 9.05 Å². The SMILES string of the molecule is Cc1ccc(OP(=O)(OOC(=O)c2ccc(CC(C)C)cc2)Oc2ccc(C)cc2)cc1. The molecule has 0 fully saturated rings. The topological polar surface area (TPSA) is 71.1 Å². The predicted molar refractivity (Wildman–Crippen MR) is 123 cm³/mol. The van der Waals surface area contributed by atoms with E-state index in [1.165, 1.54) is 0 Å². The monoisotopic (exact) mass is 454 g/mol. The maximum absolute atomic E-state index is 13.3. The Bertz CT molecular complexity index is 1020. The summed E-state index contributed by atoms with van der Waals surface area (Å²) in [5, 5.41) is 0. The number of carbonyl (C=O) groups excluding carboxylic acids is 1. The Labute approximate surface area is 188 Å². The van der Waals surface area contributed by atoms with Crippen molar-refractivity contribution < 1.29 is 28.0 Å². The van der Waals surface area contributed by atoms with E-state index in [1.54, 1.807) is 60.7 Å². The van der Waals surface area contributed by atoms with Crippen LogP contribution in [0.2, 0.25) is 0 Å². The molecule has 0 atom stereocenters. The van der Waals surface area contributed by atoms with Crippen molar-refractivity contribution in [2.24, 2.45) is 5.92 Å². The minimum atomic E-state index is -4.34. The molecular formula is C25H27O6P. The molecule has 0 aromatic heterocycles. The van der Waals surface area contributed by atoms with Crippen LogP contribution in [0.3, 0.4) is 0 Å². The van der Waals surface area contributed by atoms with Gasteiger partial charge in [-0.2, -0.15) is 0 Å². The predicted octanol–water partition coefficient (Wildman–Crippen LogP) is 6.86. The highest BCUT2D eigenvalue weighted by molar-refractivity contribution is 7.49. The van der Waals surface area contributed by atoms with Crippen molar-refractivity contribution in [2.75, 3.05) is 0 Å². The van der Waals surface area contributed by atoms with E-state index in [2.05, 4.69) is 13.8 Å². The van der Waals surface area contributed by atoms with Gasteiger partial charge >= 0.3 is 13.8 Å². The van der Waals surface area contributed by atoms with Gasteiger partial charge in [-0.05, 0) is 72.8 Å². The minimum absolute atomic E-state index is 0.250. The highest BCUT2D eigenvalue weighted by Crippen LogP contribution is 2.50. The van der Waals surface area contributed by atoms with Crippen molar-refractivity contribution in [3.63, 3.8) is 0 Å². The summed E-state index contributed by atoms with van der Waals surface area (Å²) in [6.45, 7) is 8.07. The second-order valence-electron chi connectivity index (χ2n) is 8.00. The van der Waals surface area contributed by atoms with E-state index in [1.807, 2.05) is 26.0 Å². The maximum atomic E-state index is 13.3. The van der Waals surface area contributed by atoms with Crippen molar-refractivity contribution in [2.45, 2.75) is 34.1 Å². The lowest BCUT2D eigenvalue weighted by Gasteiger charge is -2.17. The molecule has 168 valence electrons. The highest BCUT2D eigenvalue weighted by atomic mass is 31.2. The summed E-state index contributed by atoms with van der Waals surface area (Å²) in [6.07, 6.45) is 0.899. The van der Waals surface area contributed by atoms with Gasteiger partial charge in [0.05, 0.1) is 5.56 Å². The smallest absolute Gasteiger partial charge is 0.393 e. The molecule has 3 aromatic carbocycles. The second-order valence-corrected chi connectivity index (χ2v) is 9.40. The third-order valence-electron chi connectivity index (χ3n) is 4.51. The van der Waals surface area contributed by atoms with E-state index < -0.39 is 13.8 Å². The van der Waals surface area contributed by atoms with Crippen molar-refractivity contribution in [3.05, 3.63) is 95.1 Å². The van der Waals surface area contributed by atoms with E-state index in [9.17, 15) is 9.36 Å². The number of rotatable bonds is 9. The van der Waals surface area contributed by atoms with Gasteiger partial charge in [-0.25, -0.2) is 9.36 Å². The van der Waals surface area contributed by atoms with Gasteiger partial charge in [-0.15, -0.1) is 0 Å². The standard InChI is InChI=1S/C25H27O6P/c1-18(2)17-21-9-11-22(12-10-21)25(26)28-31-32(27,29-23-13-5-19(3)6-14-23)30-24-15-7-20(4)8-16-24/h5-16,18H,17H2,1-4H3. The first-order valence-electron chi connectivity index (χ1n) is 10.3. The molecule has 32 heavy (non-hydrogen) atoms. The van der Waals surface area contributed by atoms with Crippen molar-refractivity contribution in [1.82, 2.24) is 0 Å². The van der Waals surface area contributed by atoms with Gasteiger partial charge in [-0.3, -0.25) is 4.89 Å². The Hall–Kier alpha value is -3.08. The molecule has 0 aliphatic carbocycles. The van der Waals surface area contributed by atoms with Crippen LogP contribution in [-0.4, -0.2) is 5.97 Å². The number of phosphoric ester groups is 1. The molecule has 6 nitrogen and oxygen atoms in total. The fraction of sp³-hybridized carbons (Fsp3) is 0.240. The van der Waals surface area contributed by atoms with E-state index in [-0.39, 0.29) is 17.1 Å². The summed E-state index contributed by atoms with van der Waals surface area (Å²) in [5.74, 6) is 0.196. The molecule has 7 heteroatoms. The number of phosphoric acid groups is 1. The summed E-state index contributed by atoms with van der Waals surface area (Å²) >= 11 is 0. The average molecular weight is 454 g/mol. The molecule has 0 aliphatic rings. The van der Waals surface area contributed by atoms with Gasteiger partial charge < -0.3 is 9.05 Å². The lowest BCUT2D eigenvalue weighted by molar-refractivity contribution is -0.163. The molecule has 0 saturated heterocycles. The molecule has 0 saturated carbocycles. The van der Waals surface area contributed by atoms with Crippen LogP contribution in [0.15, 0.2) is 72.8 Å². The highest BCUT2D eigenvalue weighted by Gasteiger charge is 2.35. The molecule has 0 aliphatic heterocycles. The number of aryl methyl sites for hydroxylation is 2. The molecule has 0 unspecified atom stereocenters. The van der Waals surface area contributed by atoms with Crippen LogP contribution in [0.25, 0.3) is 0 Å². The Morgan fingerprint density at radius 3 is 1.69 bits per heavy atom. The third-order valence-corrected chi connectivity index (χ3v) is 5.64. The molecular weight excluding hydrogens is 427 g/mol. The maximum Gasteiger partial charge on any atom is 0.625 e. The molecule has 3 aromatic rings. The second kappa shape index (κ2) is 10.5. The zero-order valence-electron chi connectivity index (χ0n) is 18.6. The zero-order valence-corrected chi connectivity index (χ0v) is 19.5. The van der Waals surface area contributed by atoms with Gasteiger partial charge in [0.2, 0.25) is 0 Å². The van der Waals surface area contributed by atoms with Gasteiger partial charge in [0.15, 0.2) is 0 Å². The van der Waals surface area contributed by atoms with E-state index in [0.717, 1.165) is 23.1 Å². The van der Waals surface area contributed by atoms with E-state index in [4.69, 9.17) is 18.6 Å². The number of carbonyl (C=O) groups is 1. The Kier molecular flexibility index (Phi) is 7.73. The first-order valence-corrected chi connectivity index (χ1v) is 11.8. The van der Waals surface area contributed by atoms with Crippen molar-refractivity contribution in [1.29, 1.82) is 0 Å². The Morgan fingerprint density at radius 2 is 1.25 bits per heavy atom. The quantitative estimate of drug-likeness (QED) is 0.200. The molecule has 0 bridgehead atoms. The fourth-order valence-electron chi connectivity index (χ4n) is 2.88. The summed E-state index contributed by atoms with van der Waals surface area (Å²) < 4.78 is 29.2. The molecule has 0 heterocycles. The lowest BCUT2D eigenvalue weighted by atomic mass is 10.0. The van der Waals surface area contributed by atoms with Gasteiger partial charge in [0.25, 0.3) is 0 Å². The summed E-state index contributed by atoms with van der Waals surface area (Å²) in [7, 11) is -4.34. The first kappa shape index (κ1) is 23.6. The van der Waals surface area contributed by atoms with Crippen LogP contribution in [-0.2, 0) is 20.5 Å². The zero-order chi connectivity index (χ0) is 23.1. The molecule has 0 N–H and O–H groups in total. The van der Waals surface area contributed by atoms with Gasteiger partial charge in [-0.1, -0.05) is 61.4 Å². The molecule has 0 amide bonds. The first-order chi connectivity index (χ1) is 15.2. The van der Waals surface area contributed by atoms with Crippen LogP contribution in [0.4, 0.5) is 0 Å². The number of benzene rings is 3. The Balaban J connectivity index is 1.73. The number of hydrogen-bond acceptors (Lipinski definition) is 6. The lowest BCUT2D eigenvalue weighted by Crippen LogP contribution is -2.11. The largest absolute Gasteiger partial charge is 0.625 e. The van der Waals surface area contributed by atoms with Crippen LogP contribution in [0, 0.1) is 19.8 Å². The van der Waals surface area contributed by atoms with Gasteiger partial charge in [0, 0.05) is 0 Å². The third kappa shape index (κ3) is 6.98. The normalized spacial score (nSPS) is 11.3. The van der Waals surface area contributed by atoms with Crippen LogP contribution >= 0.6 is 7.82 Å². The molecule has 3 rings (SSSR count). The van der Waals surface area contributed by atoms with E-state index in [0.29, 0.717) is 5.92 Å². The summed E-state index contributed by atoms with van der Waals surface area (Å²) in [4.78, 5) is 17.3. The van der Waals surface area contributed by atoms with Crippen LogP contribution in [0.5, 0.6) is 11.5 Å². The summed E-state index contributed by atoms with van der Waals surface area (Å²) in [5.41, 5.74) is 3.36. The fourth-order valence-corrected chi connectivity index (χ4v) is 3.90. The molecule has 0 radical (unpaired) electrons. The van der Waals surface area contributed by atoms with E-state index >= 15 is 0 Å². The number of hydrogen-bond donors (Lipinski definition) is 0. The Morgan fingerprint density at radius 1 is 0.781 bits per heavy atom. The van der Waals surface area contributed by atoms with Crippen molar-refractivity contribution in [3.8, 4) is 11.5 Å². The van der Waals surface area contributed by atoms with Crippen molar-refractivity contribution >= 4 is 13.8 Å². The summed E-state index contributed by atoms with van der Waals surface area (Å²) in [6, 6.07) is 20.6. The van der Waals surface area contributed by atoms with Crippen LogP contribution in [0.1, 0.15) is 40.9 Å². The average Bonchev–Trinajstić information content (AvgIpc) is 2.76.